The minimum Gasteiger partial charge on any atom is -0.326 e. The van der Waals surface area contributed by atoms with Gasteiger partial charge in [-0.05, 0) is 29.3 Å². The van der Waals surface area contributed by atoms with Gasteiger partial charge in [0.2, 0.25) is 5.91 Å². The Morgan fingerprint density at radius 1 is 0.686 bits per heavy atom. The van der Waals surface area contributed by atoms with Crippen LogP contribution in [0.5, 0.6) is 0 Å². The average molecular weight is 504 g/mol. The lowest BCUT2D eigenvalue weighted by Gasteiger charge is -2.20. The van der Waals surface area contributed by atoms with Crippen molar-refractivity contribution in [1.82, 2.24) is 5.32 Å². The molecule has 0 saturated heterocycles. The average Bonchev–Trinajstić information content (AvgIpc) is 2.88. The standard InChI is InChI=1S/C28H23Cl2N3O2/c29-22-15-9-17-24(26(22)30)32-28(35)33-25(18-19-10-3-1-4-11-19)27(34)31-23-16-8-7-14-21(23)20-12-5-2-6-13-20/h1-17,25H,18H2,(H,31,34)(H2,32,33,35). The van der Waals surface area contributed by atoms with Crippen LogP contribution in [0.4, 0.5) is 16.2 Å². The van der Waals surface area contributed by atoms with Crippen molar-refractivity contribution in [1.29, 1.82) is 0 Å². The molecular weight excluding hydrogens is 481 g/mol. The number of urea groups is 1. The summed E-state index contributed by atoms with van der Waals surface area (Å²) in [7, 11) is 0. The summed E-state index contributed by atoms with van der Waals surface area (Å²) in [6.07, 6.45) is 0.302. The van der Waals surface area contributed by atoms with Crippen molar-refractivity contribution in [2.45, 2.75) is 12.5 Å². The van der Waals surface area contributed by atoms with Crippen molar-refractivity contribution in [3.8, 4) is 11.1 Å². The van der Waals surface area contributed by atoms with E-state index in [9.17, 15) is 9.59 Å². The number of hydrogen-bond acceptors (Lipinski definition) is 2. The monoisotopic (exact) mass is 503 g/mol. The van der Waals surface area contributed by atoms with Crippen LogP contribution in [-0.2, 0) is 11.2 Å². The maximum absolute atomic E-state index is 13.4. The molecular formula is C28H23Cl2N3O2. The van der Waals surface area contributed by atoms with Gasteiger partial charge < -0.3 is 16.0 Å². The second-order valence-electron chi connectivity index (χ2n) is 7.84. The van der Waals surface area contributed by atoms with Gasteiger partial charge >= 0.3 is 6.03 Å². The number of rotatable bonds is 7. The molecule has 35 heavy (non-hydrogen) atoms. The Labute approximate surface area is 214 Å². The minimum absolute atomic E-state index is 0.227. The lowest BCUT2D eigenvalue weighted by molar-refractivity contribution is -0.117. The molecule has 0 aromatic heterocycles. The van der Waals surface area contributed by atoms with E-state index >= 15 is 0 Å². The van der Waals surface area contributed by atoms with Crippen LogP contribution < -0.4 is 16.0 Å². The van der Waals surface area contributed by atoms with Gasteiger partial charge in [-0.3, -0.25) is 4.79 Å². The van der Waals surface area contributed by atoms with E-state index in [1.807, 2.05) is 84.9 Å². The predicted octanol–water partition coefficient (Wildman–Crippen LogP) is 7.03. The van der Waals surface area contributed by atoms with E-state index < -0.39 is 12.1 Å². The first kappa shape index (κ1) is 24.3. The molecule has 176 valence electrons. The Hall–Kier alpha value is -3.80. The zero-order valence-corrected chi connectivity index (χ0v) is 20.2. The van der Waals surface area contributed by atoms with Crippen molar-refractivity contribution in [2.75, 3.05) is 10.6 Å². The SMILES string of the molecule is O=C(Nc1cccc(Cl)c1Cl)NC(Cc1ccccc1)C(=O)Nc1ccccc1-c1ccccc1. The smallest absolute Gasteiger partial charge is 0.319 e. The van der Waals surface area contributed by atoms with Crippen molar-refractivity contribution in [3.05, 3.63) is 119 Å². The van der Waals surface area contributed by atoms with Crippen LogP contribution in [0.3, 0.4) is 0 Å². The van der Waals surface area contributed by atoms with Gasteiger partial charge in [-0.2, -0.15) is 0 Å². The molecule has 0 fully saturated rings. The van der Waals surface area contributed by atoms with Gasteiger partial charge in [0.25, 0.3) is 0 Å². The first-order chi connectivity index (χ1) is 17.0. The number of hydrogen-bond donors (Lipinski definition) is 3. The quantitative estimate of drug-likeness (QED) is 0.253. The van der Waals surface area contributed by atoms with Crippen molar-refractivity contribution < 1.29 is 9.59 Å². The molecule has 1 atom stereocenters. The molecule has 1 unspecified atom stereocenters. The van der Waals surface area contributed by atoms with Gasteiger partial charge in [-0.15, -0.1) is 0 Å². The molecule has 0 aliphatic heterocycles. The highest BCUT2D eigenvalue weighted by molar-refractivity contribution is 6.44. The largest absolute Gasteiger partial charge is 0.326 e. The summed E-state index contributed by atoms with van der Waals surface area (Å²) < 4.78 is 0. The van der Waals surface area contributed by atoms with Crippen LogP contribution in [-0.4, -0.2) is 18.0 Å². The molecule has 0 aliphatic rings. The molecule has 5 nitrogen and oxygen atoms in total. The van der Waals surface area contributed by atoms with Gasteiger partial charge in [0.15, 0.2) is 0 Å². The lowest BCUT2D eigenvalue weighted by atomic mass is 10.0. The van der Waals surface area contributed by atoms with Gasteiger partial charge in [-0.1, -0.05) is 108 Å². The number of nitrogens with one attached hydrogen (secondary N) is 3. The zero-order chi connectivity index (χ0) is 24.6. The number of carbonyl (C=O) groups excluding carboxylic acids is 2. The molecule has 0 bridgehead atoms. The number of benzene rings is 4. The van der Waals surface area contributed by atoms with E-state index in [0.717, 1.165) is 16.7 Å². The topological polar surface area (TPSA) is 70.2 Å². The maximum Gasteiger partial charge on any atom is 0.319 e. The molecule has 7 heteroatoms. The molecule has 0 aliphatic carbocycles. The molecule has 0 heterocycles. The third-order valence-electron chi connectivity index (χ3n) is 5.37. The first-order valence-electron chi connectivity index (χ1n) is 11.0. The van der Waals surface area contributed by atoms with Crippen LogP contribution in [0.1, 0.15) is 5.56 Å². The van der Waals surface area contributed by atoms with Crippen LogP contribution in [0.25, 0.3) is 11.1 Å². The van der Waals surface area contributed by atoms with Crippen LogP contribution in [0.15, 0.2) is 103 Å². The number of amides is 3. The molecule has 0 spiro atoms. The highest BCUT2D eigenvalue weighted by atomic mass is 35.5. The number of halogens is 2. The summed E-state index contributed by atoms with van der Waals surface area (Å²) >= 11 is 12.2. The summed E-state index contributed by atoms with van der Waals surface area (Å²) in [5, 5.41) is 8.99. The van der Waals surface area contributed by atoms with Gasteiger partial charge in [-0.25, -0.2) is 4.79 Å². The summed E-state index contributed by atoms with van der Waals surface area (Å²) in [5.74, 6) is -0.343. The van der Waals surface area contributed by atoms with Gasteiger partial charge in [0.1, 0.15) is 6.04 Å². The summed E-state index contributed by atoms with van der Waals surface area (Å²) in [6.45, 7) is 0. The summed E-state index contributed by atoms with van der Waals surface area (Å²) in [5.41, 5.74) is 3.77. The second-order valence-corrected chi connectivity index (χ2v) is 8.63. The fourth-order valence-electron chi connectivity index (χ4n) is 3.66. The fraction of sp³-hybridized carbons (Fsp3) is 0.0714. The van der Waals surface area contributed by atoms with Crippen molar-refractivity contribution in [3.63, 3.8) is 0 Å². The van der Waals surface area contributed by atoms with E-state index in [4.69, 9.17) is 23.2 Å². The summed E-state index contributed by atoms with van der Waals surface area (Å²) in [4.78, 5) is 26.2. The Bertz CT molecular complexity index is 1310. The van der Waals surface area contributed by atoms with Crippen LogP contribution >= 0.6 is 23.2 Å². The minimum atomic E-state index is -0.848. The summed E-state index contributed by atoms with van der Waals surface area (Å²) in [6, 6.07) is 30.4. The molecule has 4 aromatic rings. The molecule has 4 aromatic carbocycles. The fourth-order valence-corrected chi connectivity index (χ4v) is 4.01. The normalized spacial score (nSPS) is 11.4. The second kappa shape index (κ2) is 11.6. The Morgan fingerprint density at radius 3 is 2.06 bits per heavy atom. The maximum atomic E-state index is 13.4. The van der Waals surface area contributed by atoms with E-state index in [2.05, 4.69) is 16.0 Å². The van der Waals surface area contributed by atoms with E-state index in [1.165, 1.54) is 0 Å². The molecule has 3 amide bonds. The first-order valence-corrected chi connectivity index (χ1v) is 11.8. The molecule has 0 radical (unpaired) electrons. The number of anilines is 2. The highest BCUT2D eigenvalue weighted by Gasteiger charge is 2.23. The van der Waals surface area contributed by atoms with Crippen molar-refractivity contribution >= 4 is 46.5 Å². The van der Waals surface area contributed by atoms with E-state index in [1.54, 1.807) is 18.2 Å². The van der Waals surface area contributed by atoms with Gasteiger partial charge in [0.05, 0.1) is 15.7 Å². The third kappa shape index (κ3) is 6.41. The number of carbonyl (C=O) groups is 2. The molecule has 3 N–H and O–H groups in total. The molecule has 4 rings (SSSR count). The Kier molecular flexibility index (Phi) is 8.03. The van der Waals surface area contributed by atoms with Crippen molar-refractivity contribution in [2.24, 2.45) is 0 Å². The zero-order valence-electron chi connectivity index (χ0n) is 18.7. The molecule has 0 saturated carbocycles. The van der Waals surface area contributed by atoms with Crippen LogP contribution in [0.2, 0.25) is 10.0 Å². The van der Waals surface area contributed by atoms with Crippen LogP contribution in [0, 0.1) is 0 Å². The number of para-hydroxylation sites is 1. The third-order valence-corrected chi connectivity index (χ3v) is 6.19. The highest BCUT2D eigenvalue weighted by Crippen LogP contribution is 2.30. The van der Waals surface area contributed by atoms with E-state index in [0.29, 0.717) is 22.8 Å². The Balaban J connectivity index is 1.55. The Morgan fingerprint density at radius 2 is 1.31 bits per heavy atom. The van der Waals surface area contributed by atoms with E-state index in [-0.39, 0.29) is 10.9 Å². The predicted molar refractivity (Wildman–Crippen MR) is 143 cm³/mol. The lowest BCUT2D eigenvalue weighted by Crippen LogP contribution is -2.47. The van der Waals surface area contributed by atoms with Gasteiger partial charge in [0, 0.05) is 17.7 Å².